The zero-order valence-electron chi connectivity index (χ0n) is 25.9. The van der Waals surface area contributed by atoms with Gasteiger partial charge in [-0.2, -0.15) is 4.21 Å². The van der Waals surface area contributed by atoms with E-state index in [4.69, 9.17) is 20.5 Å². The van der Waals surface area contributed by atoms with Gasteiger partial charge in [-0.15, -0.1) is 0 Å². The summed E-state index contributed by atoms with van der Waals surface area (Å²) in [5, 5.41) is 12.6. The van der Waals surface area contributed by atoms with Crippen LogP contribution in [0.25, 0.3) is 21.9 Å². The monoisotopic (exact) mass is 617 g/mol. The molecular weight excluding hydrogens is 578 g/mol. The number of hydrogen-bond acceptors (Lipinski definition) is 5. The Bertz CT molecular complexity index is 1740. The van der Waals surface area contributed by atoms with Crippen molar-refractivity contribution in [2.45, 2.75) is 66.9 Å². The normalized spacial score (nSPS) is 21.4. The molecule has 5 rings (SSSR count). The molecule has 4 atom stereocenters. The van der Waals surface area contributed by atoms with E-state index in [1.54, 1.807) is 18.2 Å². The predicted molar refractivity (Wildman–Crippen MR) is 171 cm³/mol. The third-order valence-corrected chi connectivity index (χ3v) is 9.41. The number of aromatic amines is 1. The number of carboxylic acid groups (broad SMARTS) is 1. The summed E-state index contributed by atoms with van der Waals surface area (Å²) in [5.41, 5.74) is 5.40. The van der Waals surface area contributed by atoms with E-state index < -0.39 is 23.3 Å². The first-order chi connectivity index (χ1) is 20.9. The number of nitrogens with one attached hydrogen (secondary N) is 2. The highest BCUT2D eigenvalue weighted by Crippen LogP contribution is 2.42. The van der Waals surface area contributed by atoms with Crippen LogP contribution in [0.3, 0.4) is 0 Å². The fourth-order valence-electron chi connectivity index (χ4n) is 6.40. The van der Waals surface area contributed by atoms with Gasteiger partial charge in [-0.25, -0.2) is 14.6 Å². The zero-order valence-corrected chi connectivity index (χ0v) is 26.7. The van der Waals surface area contributed by atoms with Crippen LogP contribution in [0.2, 0.25) is 0 Å². The Hall–Kier alpha value is -4.30. The molecule has 0 spiro atoms. The predicted octanol–water partition coefficient (Wildman–Crippen LogP) is 7.28. The maximum absolute atomic E-state index is 13.1. The molecule has 2 aromatic carbocycles. The number of anilines is 1. The van der Waals surface area contributed by atoms with E-state index in [1.165, 1.54) is 19.8 Å². The highest BCUT2D eigenvalue weighted by atomic mass is 32.2. The molecule has 0 aliphatic heterocycles. The van der Waals surface area contributed by atoms with Gasteiger partial charge in [-0.3, -0.25) is 14.3 Å². The fraction of sp³-hybridized carbons (Fsp3) is 0.424. The Kier molecular flexibility index (Phi) is 9.02. The average molecular weight is 618 g/mol. The van der Waals surface area contributed by atoms with Crippen LogP contribution in [0, 0.1) is 44.1 Å². The number of hydrogen-bond donors (Lipinski definition) is 3. The van der Waals surface area contributed by atoms with Crippen molar-refractivity contribution in [2.24, 2.45) is 23.7 Å². The topological polar surface area (TPSA) is 122 Å². The van der Waals surface area contributed by atoms with E-state index in [-0.39, 0.29) is 11.5 Å². The first kappa shape index (κ1) is 31.1. The summed E-state index contributed by atoms with van der Waals surface area (Å²) < 4.78 is 29.0. The van der Waals surface area contributed by atoms with Gasteiger partial charge in [0.1, 0.15) is 5.65 Å². The molecule has 10 nitrogen and oxygen atoms in total. The summed E-state index contributed by atoms with van der Waals surface area (Å²) in [7, 11) is 0. The lowest BCUT2D eigenvalue weighted by Gasteiger charge is -2.38. The fourth-order valence-corrected chi connectivity index (χ4v) is 7.13. The minimum Gasteiger partial charge on any atom is -0.479 e. The maximum atomic E-state index is 13.1. The van der Waals surface area contributed by atoms with E-state index in [0.717, 1.165) is 40.2 Å². The van der Waals surface area contributed by atoms with Crippen molar-refractivity contribution in [3.63, 3.8) is 0 Å². The van der Waals surface area contributed by atoms with E-state index in [0.29, 0.717) is 35.0 Å². The number of aliphatic carboxylic acids is 1. The van der Waals surface area contributed by atoms with Crippen LogP contribution in [0.5, 0.6) is 11.5 Å². The van der Waals surface area contributed by atoms with Gasteiger partial charge >= 0.3 is 17.2 Å². The molecule has 1 fully saturated rings. The van der Waals surface area contributed by atoms with Crippen molar-refractivity contribution in [2.75, 3.05) is 4.72 Å². The van der Waals surface area contributed by atoms with Crippen LogP contribution in [-0.4, -0.2) is 36.0 Å². The second-order valence-electron chi connectivity index (χ2n) is 12.3. The third kappa shape index (κ3) is 6.60. The molecule has 1 aliphatic rings. The number of carboxylic acids is 1. The number of aryl methyl sites for hydroxylation is 2. The van der Waals surface area contributed by atoms with Gasteiger partial charge in [0.25, 0.3) is 0 Å². The molecule has 1 aliphatic carbocycles. The van der Waals surface area contributed by atoms with Gasteiger partial charge in [-0.05, 0) is 93.0 Å². The maximum Gasteiger partial charge on any atom is 0.344 e. The van der Waals surface area contributed by atoms with Crippen LogP contribution >= 0.6 is 0 Å². The first-order valence-corrected chi connectivity index (χ1v) is 16.0. The molecule has 2 heterocycles. The third-order valence-electron chi connectivity index (χ3n) is 8.69. The number of H-pyrrole nitrogens is 1. The SMILES string of the molecule is [C-]#[N+]c1cn2[nH]c(-c3ccc(C)c(NS(=O)Oc4cc(C)ccc4OC(C)C(=O)O)c3)nc2c1CC1C(C)CC(C)CC1C. The van der Waals surface area contributed by atoms with Crippen LogP contribution in [0.15, 0.2) is 42.6 Å². The largest absolute Gasteiger partial charge is 0.479 e. The average Bonchev–Trinajstić information content (AvgIpc) is 3.51. The molecule has 4 aromatic rings. The van der Waals surface area contributed by atoms with Crippen LogP contribution in [0.4, 0.5) is 11.4 Å². The van der Waals surface area contributed by atoms with Gasteiger partial charge in [0.15, 0.2) is 23.4 Å². The van der Waals surface area contributed by atoms with Crippen molar-refractivity contribution in [3.05, 3.63) is 70.7 Å². The van der Waals surface area contributed by atoms with E-state index in [1.807, 2.05) is 42.8 Å². The first-order valence-electron chi connectivity index (χ1n) is 14.9. The van der Waals surface area contributed by atoms with Crippen molar-refractivity contribution in [1.29, 1.82) is 0 Å². The highest BCUT2D eigenvalue weighted by Gasteiger charge is 2.33. The van der Waals surface area contributed by atoms with Crippen LogP contribution in [-0.2, 0) is 22.5 Å². The van der Waals surface area contributed by atoms with Gasteiger partial charge in [0.2, 0.25) is 5.69 Å². The number of ether oxygens (including phenoxy) is 1. The lowest BCUT2D eigenvalue weighted by molar-refractivity contribution is -0.144. The molecule has 11 heteroatoms. The molecule has 4 unspecified atom stereocenters. The number of benzene rings is 2. The Labute approximate surface area is 260 Å². The minimum absolute atomic E-state index is 0.165. The highest BCUT2D eigenvalue weighted by molar-refractivity contribution is 7.82. The lowest BCUT2D eigenvalue weighted by atomic mass is 9.67. The number of aromatic nitrogens is 3. The van der Waals surface area contributed by atoms with E-state index in [9.17, 15) is 14.1 Å². The summed E-state index contributed by atoms with van der Waals surface area (Å²) >= 11 is -2.02. The van der Waals surface area contributed by atoms with Crippen LogP contribution < -0.4 is 13.6 Å². The molecule has 0 amide bonds. The Morgan fingerprint density at radius 2 is 1.91 bits per heavy atom. The lowest BCUT2D eigenvalue weighted by Crippen LogP contribution is -2.30. The van der Waals surface area contributed by atoms with Crippen molar-refractivity contribution < 1.29 is 23.0 Å². The number of rotatable bonds is 10. The molecule has 1 saturated carbocycles. The smallest absolute Gasteiger partial charge is 0.344 e. The molecule has 232 valence electrons. The molecule has 0 saturated heterocycles. The molecule has 44 heavy (non-hydrogen) atoms. The summed E-state index contributed by atoms with van der Waals surface area (Å²) in [6, 6.07) is 10.7. The van der Waals surface area contributed by atoms with Gasteiger partial charge in [-0.1, -0.05) is 39.0 Å². The molecule has 0 radical (unpaired) electrons. The van der Waals surface area contributed by atoms with Crippen LogP contribution in [0.1, 0.15) is 57.2 Å². The Morgan fingerprint density at radius 1 is 1.18 bits per heavy atom. The zero-order chi connectivity index (χ0) is 31.7. The van der Waals surface area contributed by atoms with Crippen molar-refractivity contribution in [1.82, 2.24) is 14.6 Å². The van der Waals surface area contributed by atoms with Crippen molar-refractivity contribution >= 4 is 34.3 Å². The summed E-state index contributed by atoms with van der Waals surface area (Å²) in [5.74, 6) is 2.23. The second-order valence-corrected chi connectivity index (χ2v) is 13.1. The van der Waals surface area contributed by atoms with Gasteiger partial charge in [0.05, 0.1) is 12.3 Å². The van der Waals surface area contributed by atoms with Gasteiger partial charge in [0, 0.05) is 17.3 Å². The van der Waals surface area contributed by atoms with E-state index in [2.05, 4.69) is 35.4 Å². The summed E-state index contributed by atoms with van der Waals surface area (Å²) in [6.45, 7) is 19.9. The molecule has 2 aromatic heterocycles. The Balaban J connectivity index is 1.38. The Morgan fingerprint density at radius 3 is 2.59 bits per heavy atom. The van der Waals surface area contributed by atoms with E-state index >= 15 is 0 Å². The molecule has 0 bridgehead atoms. The van der Waals surface area contributed by atoms with Crippen molar-refractivity contribution in [3.8, 4) is 22.9 Å². The molecule has 3 N–H and O–H groups in total. The number of fused-ring (bicyclic) bond motifs is 1. The van der Waals surface area contributed by atoms with Gasteiger partial charge < -0.3 is 14.0 Å². The minimum atomic E-state index is -2.02. The summed E-state index contributed by atoms with van der Waals surface area (Å²) in [6.07, 6.45) is 3.94. The number of carbonyl (C=O) groups is 1. The second kappa shape index (κ2) is 12.7. The summed E-state index contributed by atoms with van der Waals surface area (Å²) in [4.78, 5) is 20.0. The standard InChI is InChI=1S/C33H39N5O5S/c1-18-8-11-29(42-23(6)33(39)40)30(14-18)43-44(41)37-27-15-24(10-9-20(27)3)31-35-32-26(28(34-7)17-38(32)36-31)16-25-21(4)12-19(2)13-22(25)5/h8-11,14-15,17,19,21-23,25,37H,12-13,16H2,1-6H3,(H,35,36)(H,39,40). The molecular formula is C33H39N5O5S. The number of nitrogens with zero attached hydrogens (tertiary/aromatic N) is 3. The quantitative estimate of drug-likeness (QED) is 0.161.